The van der Waals surface area contributed by atoms with Gasteiger partial charge in [-0.3, -0.25) is 4.79 Å². The Hall–Kier alpha value is -1.39. The zero-order chi connectivity index (χ0) is 14.4. The molecule has 0 heterocycles. The number of carbonyl (C=O) groups excluding carboxylic acids is 1. The molecule has 1 saturated carbocycles. The molecule has 0 aromatic heterocycles. The average Bonchev–Trinajstić information content (AvgIpc) is 2.46. The van der Waals surface area contributed by atoms with Crippen LogP contribution in [0.4, 0.5) is 0 Å². The van der Waals surface area contributed by atoms with Crippen LogP contribution >= 0.6 is 0 Å². The minimum atomic E-state index is -0.862. The van der Waals surface area contributed by atoms with Gasteiger partial charge in [0.25, 0.3) is 0 Å². The van der Waals surface area contributed by atoms with Crippen LogP contribution in [-0.4, -0.2) is 28.3 Å². The Morgan fingerprint density at radius 1 is 1.20 bits per heavy atom. The molecule has 1 unspecified atom stereocenters. The van der Waals surface area contributed by atoms with Gasteiger partial charge in [0, 0.05) is 0 Å². The summed E-state index contributed by atoms with van der Waals surface area (Å²) in [4.78, 5) is 12.1. The van der Waals surface area contributed by atoms with Gasteiger partial charge in [-0.05, 0) is 18.4 Å². The fourth-order valence-electron chi connectivity index (χ4n) is 2.85. The van der Waals surface area contributed by atoms with Crippen LogP contribution in [0.5, 0.6) is 0 Å². The van der Waals surface area contributed by atoms with Crippen LogP contribution in [0.3, 0.4) is 0 Å². The quantitative estimate of drug-likeness (QED) is 0.770. The fraction of sp³-hybridized carbons (Fsp3) is 0.562. The first kappa shape index (κ1) is 15.0. The van der Waals surface area contributed by atoms with Gasteiger partial charge >= 0.3 is 0 Å². The molecule has 1 aromatic rings. The predicted octanol–water partition coefficient (Wildman–Crippen LogP) is 1.92. The van der Waals surface area contributed by atoms with Crippen LogP contribution in [0.1, 0.15) is 50.1 Å². The number of aliphatic hydroxyl groups is 2. The van der Waals surface area contributed by atoms with E-state index >= 15 is 0 Å². The van der Waals surface area contributed by atoms with Crippen molar-refractivity contribution < 1.29 is 15.0 Å². The first-order chi connectivity index (χ1) is 9.63. The molecule has 1 aromatic carbocycles. The monoisotopic (exact) mass is 277 g/mol. The summed E-state index contributed by atoms with van der Waals surface area (Å²) in [7, 11) is 0. The zero-order valence-corrected chi connectivity index (χ0v) is 11.7. The number of benzene rings is 1. The molecule has 0 saturated heterocycles. The molecule has 20 heavy (non-hydrogen) atoms. The Morgan fingerprint density at radius 3 is 2.45 bits per heavy atom. The average molecular weight is 277 g/mol. The maximum Gasteiger partial charge on any atom is 0.223 e. The second kappa shape index (κ2) is 6.86. The van der Waals surface area contributed by atoms with Gasteiger partial charge in [0.05, 0.1) is 24.7 Å². The van der Waals surface area contributed by atoms with E-state index in [1.54, 1.807) is 0 Å². The Balaban J connectivity index is 1.92. The van der Waals surface area contributed by atoms with E-state index in [4.69, 9.17) is 0 Å². The Kier molecular flexibility index (Phi) is 5.15. The van der Waals surface area contributed by atoms with Gasteiger partial charge in [0.2, 0.25) is 5.91 Å². The van der Waals surface area contributed by atoms with Gasteiger partial charge in [0.1, 0.15) is 0 Å². The molecule has 0 bridgehead atoms. The summed E-state index contributed by atoms with van der Waals surface area (Å²) in [6.45, 7) is -0.145. The second-order valence-corrected chi connectivity index (χ2v) is 5.68. The van der Waals surface area contributed by atoms with Crippen molar-refractivity contribution in [3.63, 3.8) is 0 Å². The smallest absolute Gasteiger partial charge is 0.223 e. The number of rotatable bonds is 5. The zero-order valence-electron chi connectivity index (χ0n) is 11.7. The third-order valence-corrected chi connectivity index (χ3v) is 3.99. The summed E-state index contributed by atoms with van der Waals surface area (Å²) in [5, 5.41) is 22.6. The number of hydrogen-bond acceptors (Lipinski definition) is 3. The van der Waals surface area contributed by atoms with E-state index in [-0.39, 0.29) is 18.9 Å². The van der Waals surface area contributed by atoms with Gasteiger partial charge < -0.3 is 15.5 Å². The van der Waals surface area contributed by atoms with Gasteiger partial charge in [0.15, 0.2) is 0 Å². The summed E-state index contributed by atoms with van der Waals surface area (Å²) in [5.41, 5.74) is 0.0120. The van der Waals surface area contributed by atoms with Crippen molar-refractivity contribution in [3.05, 3.63) is 35.9 Å². The summed E-state index contributed by atoms with van der Waals surface area (Å²) in [6.07, 6.45) is 4.59. The second-order valence-electron chi connectivity index (χ2n) is 5.68. The number of amides is 1. The highest BCUT2D eigenvalue weighted by molar-refractivity contribution is 5.77. The maximum absolute atomic E-state index is 12.1. The molecule has 1 aliphatic rings. The van der Waals surface area contributed by atoms with Crippen LogP contribution < -0.4 is 5.32 Å². The Morgan fingerprint density at radius 2 is 1.85 bits per heavy atom. The number of hydrogen-bond donors (Lipinski definition) is 3. The van der Waals surface area contributed by atoms with Crippen LogP contribution in [0.15, 0.2) is 30.3 Å². The molecule has 3 N–H and O–H groups in total. The maximum atomic E-state index is 12.1. The van der Waals surface area contributed by atoms with Crippen molar-refractivity contribution in [2.75, 3.05) is 6.61 Å². The molecule has 4 heteroatoms. The lowest BCUT2D eigenvalue weighted by atomic mass is 9.82. The van der Waals surface area contributed by atoms with Gasteiger partial charge in [-0.1, -0.05) is 49.6 Å². The third-order valence-electron chi connectivity index (χ3n) is 3.99. The van der Waals surface area contributed by atoms with E-state index in [9.17, 15) is 15.0 Å². The van der Waals surface area contributed by atoms with E-state index in [0.29, 0.717) is 12.8 Å². The van der Waals surface area contributed by atoms with Crippen LogP contribution in [-0.2, 0) is 4.79 Å². The van der Waals surface area contributed by atoms with Crippen LogP contribution in [0.2, 0.25) is 0 Å². The van der Waals surface area contributed by atoms with Crippen molar-refractivity contribution in [2.24, 2.45) is 0 Å². The van der Waals surface area contributed by atoms with Crippen molar-refractivity contribution in [3.8, 4) is 0 Å². The van der Waals surface area contributed by atoms with E-state index in [1.807, 2.05) is 30.3 Å². The first-order valence-electron chi connectivity index (χ1n) is 7.30. The lowest BCUT2D eigenvalue weighted by Gasteiger charge is -2.32. The van der Waals surface area contributed by atoms with E-state index in [0.717, 1.165) is 24.8 Å². The summed E-state index contributed by atoms with van der Waals surface area (Å²) >= 11 is 0. The van der Waals surface area contributed by atoms with Crippen molar-refractivity contribution in [1.82, 2.24) is 5.32 Å². The van der Waals surface area contributed by atoms with Crippen molar-refractivity contribution in [1.29, 1.82) is 0 Å². The normalized spacial score (nSPS) is 19.3. The van der Waals surface area contributed by atoms with Crippen LogP contribution in [0.25, 0.3) is 0 Å². The molecule has 1 amide bonds. The standard InChI is InChI=1S/C16H23NO3/c18-12-14(13-7-3-1-4-8-13)17-15(19)11-16(20)9-5-2-6-10-16/h1,3-4,7-8,14,18,20H,2,5-6,9-12H2,(H,17,19). The number of nitrogens with one attached hydrogen (secondary N) is 1. The van der Waals surface area contributed by atoms with Crippen molar-refractivity contribution >= 4 is 5.91 Å². The molecule has 0 aliphatic heterocycles. The fourth-order valence-corrected chi connectivity index (χ4v) is 2.85. The summed E-state index contributed by atoms with van der Waals surface area (Å²) < 4.78 is 0. The SMILES string of the molecule is O=C(CC1(O)CCCCC1)NC(CO)c1ccccc1. The highest BCUT2D eigenvalue weighted by atomic mass is 16.3. The molecule has 4 nitrogen and oxygen atoms in total. The molecule has 0 spiro atoms. The highest BCUT2D eigenvalue weighted by Crippen LogP contribution is 2.30. The topological polar surface area (TPSA) is 69.6 Å². The molecular weight excluding hydrogens is 254 g/mol. The van der Waals surface area contributed by atoms with E-state index < -0.39 is 11.6 Å². The molecule has 1 atom stereocenters. The molecular formula is C16H23NO3. The lowest BCUT2D eigenvalue weighted by Crippen LogP contribution is -2.40. The van der Waals surface area contributed by atoms with Crippen LogP contribution in [0, 0.1) is 0 Å². The van der Waals surface area contributed by atoms with E-state index in [1.165, 1.54) is 0 Å². The summed E-state index contributed by atoms with van der Waals surface area (Å²) in [5.74, 6) is -0.197. The summed E-state index contributed by atoms with van der Waals surface area (Å²) in [6, 6.07) is 8.98. The number of aliphatic hydroxyl groups excluding tert-OH is 1. The lowest BCUT2D eigenvalue weighted by molar-refractivity contribution is -0.128. The molecule has 1 fully saturated rings. The van der Waals surface area contributed by atoms with Gasteiger partial charge in [-0.25, -0.2) is 0 Å². The highest BCUT2D eigenvalue weighted by Gasteiger charge is 2.32. The molecule has 0 radical (unpaired) electrons. The third kappa shape index (κ3) is 4.05. The Labute approximate surface area is 119 Å². The van der Waals surface area contributed by atoms with Gasteiger partial charge in [-0.15, -0.1) is 0 Å². The first-order valence-corrected chi connectivity index (χ1v) is 7.30. The Bertz CT molecular complexity index is 427. The van der Waals surface area contributed by atoms with Crippen molar-refractivity contribution in [2.45, 2.75) is 50.2 Å². The molecule has 110 valence electrons. The largest absolute Gasteiger partial charge is 0.394 e. The number of carbonyl (C=O) groups is 1. The minimum Gasteiger partial charge on any atom is -0.394 e. The predicted molar refractivity (Wildman–Crippen MR) is 77.1 cm³/mol. The minimum absolute atomic E-state index is 0.121. The molecule has 1 aliphatic carbocycles. The van der Waals surface area contributed by atoms with E-state index in [2.05, 4.69) is 5.32 Å². The molecule has 2 rings (SSSR count). The van der Waals surface area contributed by atoms with Gasteiger partial charge in [-0.2, -0.15) is 0 Å².